The first kappa shape index (κ1) is 13.6. The second kappa shape index (κ2) is 5.58. The molecule has 1 unspecified atom stereocenters. The van der Waals surface area contributed by atoms with E-state index in [2.05, 4.69) is 5.32 Å². The van der Waals surface area contributed by atoms with Crippen molar-refractivity contribution in [3.63, 3.8) is 0 Å². The number of hydrogen-bond donors (Lipinski definition) is 2. The first-order valence-corrected chi connectivity index (χ1v) is 6.92. The molecule has 0 aromatic heterocycles. The van der Waals surface area contributed by atoms with Gasteiger partial charge in [-0.3, -0.25) is 4.79 Å². The third-order valence-electron chi connectivity index (χ3n) is 3.77. The molecule has 3 rings (SSSR count). The molecule has 1 heterocycles. The number of anilines is 1. The van der Waals surface area contributed by atoms with Crippen molar-refractivity contribution in [2.45, 2.75) is 18.9 Å². The summed E-state index contributed by atoms with van der Waals surface area (Å²) in [5.41, 5.74) is 3.43. The van der Waals surface area contributed by atoms with E-state index in [0.717, 1.165) is 22.4 Å². The number of aliphatic hydroxyl groups excluding tert-OH is 1. The summed E-state index contributed by atoms with van der Waals surface area (Å²) < 4.78 is 5.30. The van der Waals surface area contributed by atoms with Crippen LogP contribution in [-0.2, 0) is 11.2 Å². The number of carbonyl (C=O) groups is 1. The van der Waals surface area contributed by atoms with Crippen LogP contribution in [0, 0.1) is 0 Å². The van der Waals surface area contributed by atoms with E-state index in [1.807, 2.05) is 42.5 Å². The molecule has 108 valence electrons. The molecule has 4 nitrogen and oxygen atoms in total. The molecule has 1 atom stereocenters. The molecule has 0 fully saturated rings. The monoisotopic (exact) mass is 283 g/mol. The number of para-hydroxylation sites is 1. The van der Waals surface area contributed by atoms with E-state index in [1.54, 1.807) is 7.11 Å². The fraction of sp³-hybridized carbons (Fsp3) is 0.235. The quantitative estimate of drug-likeness (QED) is 0.910. The van der Waals surface area contributed by atoms with Gasteiger partial charge in [-0.05, 0) is 29.7 Å². The first-order chi connectivity index (χ1) is 10.2. The minimum absolute atomic E-state index is 0.0422. The Morgan fingerprint density at radius 3 is 2.81 bits per heavy atom. The lowest BCUT2D eigenvalue weighted by Crippen LogP contribution is -2.19. The van der Waals surface area contributed by atoms with Gasteiger partial charge in [0.25, 0.3) is 0 Å². The number of hydrogen-bond acceptors (Lipinski definition) is 3. The Labute approximate surface area is 123 Å². The Morgan fingerprint density at radius 1 is 1.19 bits per heavy atom. The van der Waals surface area contributed by atoms with Crippen LogP contribution < -0.4 is 10.1 Å². The van der Waals surface area contributed by atoms with Crippen LogP contribution in [0.25, 0.3) is 0 Å². The van der Waals surface area contributed by atoms with Gasteiger partial charge in [0, 0.05) is 17.7 Å². The standard InChI is InChI=1S/C17H17NO3/c1-21-15-5-3-2-4-13(15)17(20)12-6-8-14-11(10-12)7-9-16(19)18-14/h2-6,8,10,17,20H,7,9H2,1H3,(H,18,19). The Balaban J connectivity index is 1.95. The molecule has 0 spiro atoms. The van der Waals surface area contributed by atoms with Gasteiger partial charge >= 0.3 is 0 Å². The number of fused-ring (bicyclic) bond motifs is 1. The van der Waals surface area contributed by atoms with Crippen LogP contribution in [0.5, 0.6) is 5.75 Å². The molecule has 0 bridgehead atoms. The molecule has 1 aliphatic rings. The van der Waals surface area contributed by atoms with Crippen molar-refractivity contribution in [3.05, 3.63) is 59.2 Å². The maximum Gasteiger partial charge on any atom is 0.224 e. The number of rotatable bonds is 3. The minimum Gasteiger partial charge on any atom is -0.496 e. The molecule has 1 aliphatic heterocycles. The Hall–Kier alpha value is -2.33. The number of ether oxygens (including phenoxy) is 1. The van der Waals surface area contributed by atoms with E-state index in [1.165, 1.54) is 0 Å². The average Bonchev–Trinajstić information content (AvgIpc) is 2.53. The van der Waals surface area contributed by atoms with Crippen LogP contribution in [-0.4, -0.2) is 18.1 Å². The average molecular weight is 283 g/mol. The van der Waals surface area contributed by atoms with Crippen molar-refractivity contribution in [1.29, 1.82) is 0 Å². The Morgan fingerprint density at radius 2 is 2.00 bits per heavy atom. The number of benzene rings is 2. The topological polar surface area (TPSA) is 58.6 Å². The molecule has 0 radical (unpaired) electrons. The molecular weight excluding hydrogens is 266 g/mol. The third-order valence-corrected chi connectivity index (χ3v) is 3.77. The number of methoxy groups -OCH3 is 1. The number of aliphatic hydroxyl groups is 1. The van der Waals surface area contributed by atoms with Gasteiger partial charge in [-0.25, -0.2) is 0 Å². The van der Waals surface area contributed by atoms with Crippen LogP contribution in [0.4, 0.5) is 5.69 Å². The van der Waals surface area contributed by atoms with Crippen molar-refractivity contribution in [2.24, 2.45) is 0 Å². The van der Waals surface area contributed by atoms with Crippen molar-refractivity contribution in [1.82, 2.24) is 0 Å². The van der Waals surface area contributed by atoms with E-state index >= 15 is 0 Å². The van der Waals surface area contributed by atoms with Crippen LogP contribution in [0.1, 0.15) is 29.2 Å². The van der Waals surface area contributed by atoms with Gasteiger partial charge in [0.2, 0.25) is 5.91 Å². The molecule has 0 aliphatic carbocycles. The van der Waals surface area contributed by atoms with Gasteiger partial charge in [0.1, 0.15) is 11.9 Å². The summed E-state index contributed by atoms with van der Waals surface area (Å²) in [6, 6.07) is 13.1. The number of aryl methyl sites for hydroxylation is 1. The summed E-state index contributed by atoms with van der Waals surface area (Å²) in [5, 5.41) is 13.4. The van der Waals surface area contributed by atoms with Gasteiger partial charge in [0.15, 0.2) is 0 Å². The normalized spacial score (nSPS) is 15.0. The van der Waals surface area contributed by atoms with E-state index in [-0.39, 0.29) is 5.91 Å². The highest BCUT2D eigenvalue weighted by Gasteiger charge is 2.19. The molecule has 0 saturated heterocycles. The Bertz CT molecular complexity index is 681. The third kappa shape index (κ3) is 2.62. The van der Waals surface area contributed by atoms with Crippen LogP contribution in [0.2, 0.25) is 0 Å². The SMILES string of the molecule is COc1ccccc1C(O)c1ccc2c(c1)CCC(=O)N2. The Kier molecular flexibility index (Phi) is 3.62. The van der Waals surface area contributed by atoms with Crippen LogP contribution >= 0.6 is 0 Å². The molecule has 21 heavy (non-hydrogen) atoms. The molecule has 1 amide bonds. The second-order valence-electron chi connectivity index (χ2n) is 5.11. The van der Waals surface area contributed by atoms with Crippen molar-refractivity contribution in [3.8, 4) is 5.75 Å². The lowest BCUT2D eigenvalue weighted by atomic mass is 9.95. The predicted molar refractivity (Wildman–Crippen MR) is 80.4 cm³/mol. The number of nitrogens with one attached hydrogen (secondary N) is 1. The molecule has 0 saturated carbocycles. The fourth-order valence-electron chi connectivity index (χ4n) is 2.65. The zero-order chi connectivity index (χ0) is 14.8. The van der Waals surface area contributed by atoms with Gasteiger partial charge in [-0.1, -0.05) is 30.3 Å². The van der Waals surface area contributed by atoms with E-state index in [0.29, 0.717) is 18.6 Å². The lowest BCUT2D eigenvalue weighted by Gasteiger charge is -2.20. The highest BCUT2D eigenvalue weighted by Crippen LogP contribution is 2.32. The van der Waals surface area contributed by atoms with Crippen molar-refractivity contribution >= 4 is 11.6 Å². The van der Waals surface area contributed by atoms with Crippen molar-refractivity contribution < 1.29 is 14.6 Å². The number of carbonyl (C=O) groups excluding carboxylic acids is 1. The molecule has 2 aromatic rings. The maximum atomic E-state index is 11.4. The summed E-state index contributed by atoms with van der Waals surface area (Å²) in [4.78, 5) is 11.4. The summed E-state index contributed by atoms with van der Waals surface area (Å²) in [7, 11) is 1.59. The molecule has 2 aromatic carbocycles. The van der Waals surface area contributed by atoms with Gasteiger partial charge in [0.05, 0.1) is 7.11 Å². The maximum absolute atomic E-state index is 11.4. The largest absolute Gasteiger partial charge is 0.496 e. The first-order valence-electron chi connectivity index (χ1n) is 6.92. The fourth-order valence-corrected chi connectivity index (χ4v) is 2.65. The minimum atomic E-state index is -0.746. The second-order valence-corrected chi connectivity index (χ2v) is 5.11. The molecule has 4 heteroatoms. The van der Waals surface area contributed by atoms with E-state index < -0.39 is 6.10 Å². The molecule has 2 N–H and O–H groups in total. The molecular formula is C17H17NO3. The smallest absolute Gasteiger partial charge is 0.224 e. The van der Waals surface area contributed by atoms with Gasteiger partial charge in [-0.15, -0.1) is 0 Å². The number of amides is 1. The van der Waals surface area contributed by atoms with Crippen LogP contribution in [0.3, 0.4) is 0 Å². The summed E-state index contributed by atoms with van der Waals surface area (Å²) in [5.74, 6) is 0.705. The highest BCUT2D eigenvalue weighted by atomic mass is 16.5. The summed E-state index contributed by atoms with van der Waals surface area (Å²) >= 11 is 0. The van der Waals surface area contributed by atoms with Crippen LogP contribution in [0.15, 0.2) is 42.5 Å². The highest BCUT2D eigenvalue weighted by molar-refractivity contribution is 5.93. The zero-order valence-corrected chi connectivity index (χ0v) is 11.8. The van der Waals surface area contributed by atoms with E-state index in [9.17, 15) is 9.90 Å². The van der Waals surface area contributed by atoms with Gasteiger partial charge in [-0.2, -0.15) is 0 Å². The zero-order valence-electron chi connectivity index (χ0n) is 11.8. The summed E-state index contributed by atoms with van der Waals surface area (Å²) in [6.45, 7) is 0. The van der Waals surface area contributed by atoms with Gasteiger partial charge < -0.3 is 15.2 Å². The lowest BCUT2D eigenvalue weighted by molar-refractivity contribution is -0.116. The predicted octanol–water partition coefficient (Wildman–Crippen LogP) is 2.66. The van der Waals surface area contributed by atoms with E-state index in [4.69, 9.17) is 4.74 Å². The summed E-state index contributed by atoms with van der Waals surface area (Å²) in [6.07, 6.45) is 0.443. The van der Waals surface area contributed by atoms with Crippen molar-refractivity contribution in [2.75, 3.05) is 12.4 Å².